The number of ether oxygens (including phenoxy) is 1. The zero-order chi connectivity index (χ0) is 11.3. The standard InChI is InChI=1S/C9H10N2O4/c1-15-9(14)11-5-7-4-6(8(12)13)2-3-10-7/h2-4H,5H2,1H3,(H,11,14)(H,12,13). The van der Waals surface area contributed by atoms with Crippen LogP contribution in [0.25, 0.3) is 0 Å². The average molecular weight is 210 g/mol. The van der Waals surface area contributed by atoms with Gasteiger partial charge in [-0.2, -0.15) is 0 Å². The molecule has 0 aliphatic rings. The fraction of sp³-hybridized carbons (Fsp3) is 0.222. The average Bonchev–Trinajstić information content (AvgIpc) is 2.26. The Morgan fingerprint density at radius 3 is 2.93 bits per heavy atom. The molecule has 15 heavy (non-hydrogen) atoms. The van der Waals surface area contributed by atoms with Gasteiger partial charge >= 0.3 is 12.1 Å². The second kappa shape index (κ2) is 4.94. The zero-order valence-electron chi connectivity index (χ0n) is 8.06. The molecule has 0 unspecified atom stereocenters. The van der Waals surface area contributed by atoms with Gasteiger partial charge in [-0.25, -0.2) is 9.59 Å². The quantitative estimate of drug-likeness (QED) is 0.764. The first-order valence-electron chi connectivity index (χ1n) is 4.13. The summed E-state index contributed by atoms with van der Waals surface area (Å²) in [6.45, 7) is 0.133. The lowest BCUT2D eigenvalue weighted by Gasteiger charge is -2.03. The maximum absolute atomic E-state index is 10.7. The van der Waals surface area contributed by atoms with E-state index in [1.54, 1.807) is 0 Å². The first-order valence-corrected chi connectivity index (χ1v) is 4.13. The molecule has 1 aromatic heterocycles. The summed E-state index contributed by atoms with van der Waals surface area (Å²) in [4.78, 5) is 25.2. The molecule has 1 heterocycles. The van der Waals surface area contributed by atoms with Crippen LogP contribution in [0.4, 0.5) is 4.79 Å². The van der Waals surface area contributed by atoms with Crippen molar-refractivity contribution in [1.29, 1.82) is 0 Å². The molecule has 0 saturated carbocycles. The van der Waals surface area contributed by atoms with Crippen LogP contribution < -0.4 is 5.32 Å². The Bertz CT molecular complexity index is 378. The number of nitrogens with zero attached hydrogens (tertiary/aromatic N) is 1. The predicted octanol–water partition coefficient (Wildman–Crippen LogP) is 0.636. The first kappa shape index (κ1) is 11.0. The number of pyridine rings is 1. The van der Waals surface area contributed by atoms with Crippen LogP contribution in [0.5, 0.6) is 0 Å². The molecule has 0 fully saturated rings. The topological polar surface area (TPSA) is 88.5 Å². The third-order valence-corrected chi connectivity index (χ3v) is 1.66. The van der Waals surface area contributed by atoms with Crippen molar-refractivity contribution in [2.24, 2.45) is 0 Å². The predicted molar refractivity (Wildman–Crippen MR) is 50.4 cm³/mol. The van der Waals surface area contributed by atoms with Gasteiger partial charge in [0.2, 0.25) is 0 Å². The van der Waals surface area contributed by atoms with E-state index < -0.39 is 12.1 Å². The molecule has 1 aromatic rings. The third-order valence-electron chi connectivity index (χ3n) is 1.66. The minimum absolute atomic E-state index is 0.131. The van der Waals surface area contributed by atoms with Crippen molar-refractivity contribution in [3.8, 4) is 0 Å². The number of amides is 1. The smallest absolute Gasteiger partial charge is 0.407 e. The van der Waals surface area contributed by atoms with Crippen LogP contribution in [-0.2, 0) is 11.3 Å². The third kappa shape index (κ3) is 3.26. The Morgan fingerprint density at radius 2 is 2.33 bits per heavy atom. The van der Waals surface area contributed by atoms with E-state index in [0.29, 0.717) is 5.69 Å². The Hall–Kier alpha value is -2.11. The Balaban J connectivity index is 2.66. The number of hydrogen-bond donors (Lipinski definition) is 2. The van der Waals surface area contributed by atoms with Gasteiger partial charge in [-0.3, -0.25) is 4.98 Å². The van der Waals surface area contributed by atoms with Crippen LogP contribution in [0, 0.1) is 0 Å². The monoisotopic (exact) mass is 210 g/mol. The molecule has 0 saturated heterocycles. The highest BCUT2D eigenvalue weighted by atomic mass is 16.5. The molecule has 0 bridgehead atoms. The van der Waals surface area contributed by atoms with Gasteiger partial charge in [-0.05, 0) is 12.1 Å². The normalized spacial score (nSPS) is 9.40. The van der Waals surface area contributed by atoms with Gasteiger partial charge < -0.3 is 15.2 Å². The largest absolute Gasteiger partial charge is 0.478 e. The fourth-order valence-corrected chi connectivity index (χ4v) is 0.943. The number of carbonyl (C=O) groups excluding carboxylic acids is 1. The van der Waals surface area contributed by atoms with Crippen molar-refractivity contribution in [1.82, 2.24) is 10.3 Å². The van der Waals surface area contributed by atoms with E-state index in [1.807, 2.05) is 0 Å². The Morgan fingerprint density at radius 1 is 1.60 bits per heavy atom. The van der Waals surface area contributed by atoms with Crippen LogP contribution in [0.3, 0.4) is 0 Å². The maximum Gasteiger partial charge on any atom is 0.407 e. The SMILES string of the molecule is COC(=O)NCc1cc(C(=O)O)ccn1. The number of carboxylic acids is 1. The number of aromatic carboxylic acids is 1. The van der Waals surface area contributed by atoms with E-state index in [2.05, 4.69) is 15.0 Å². The van der Waals surface area contributed by atoms with E-state index in [0.717, 1.165) is 0 Å². The summed E-state index contributed by atoms with van der Waals surface area (Å²) in [6.07, 6.45) is 0.787. The van der Waals surface area contributed by atoms with Crippen molar-refractivity contribution < 1.29 is 19.4 Å². The fourth-order valence-electron chi connectivity index (χ4n) is 0.943. The lowest BCUT2D eigenvalue weighted by atomic mass is 10.2. The number of carboxylic acid groups (broad SMARTS) is 1. The van der Waals surface area contributed by atoms with Crippen LogP contribution in [0.1, 0.15) is 16.1 Å². The van der Waals surface area contributed by atoms with Crippen LogP contribution in [-0.4, -0.2) is 29.3 Å². The maximum atomic E-state index is 10.7. The molecule has 0 atom stereocenters. The van der Waals surface area contributed by atoms with Crippen LogP contribution in [0.15, 0.2) is 18.3 Å². The van der Waals surface area contributed by atoms with E-state index in [4.69, 9.17) is 5.11 Å². The van der Waals surface area contributed by atoms with E-state index in [-0.39, 0.29) is 12.1 Å². The number of alkyl carbamates (subject to hydrolysis) is 1. The number of nitrogens with one attached hydrogen (secondary N) is 1. The highest BCUT2D eigenvalue weighted by Gasteiger charge is 2.05. The van der Waals surface area contributed by atoms with Crippen molar-refractivity contribution >= 4 is 12.1 Å². The number of hydrogen-bond acceptors (Lipinski definition) is 4. The van der Waals surface area contributed by atoms with E-state index in [1.165, 1.54) is 25.4 Å². The van der Waals surface area contributed by atoms with Gasteiger partial charge in [0.15, 0.2) is 0 Å². The molecule has 1 rings (SSSR count). The summed E-state index contributed by atoms with van der Waals surface area (Å²) < 4.78 is 4.36. The zero-order valence-corrected chi connectivity index (χ0v) is 8.06. The molecule has 0 aliphatic heterocycles. The molecular formula is C9H10N2O4. The molecule has 0 spiro atoms. The lowest BCUT2D eigenvalue weighted by molar-refractivity contribution is 0.0696. The van der Waals surface area contributed by atoms with E-state index in [9.17, 15) is 9.59 Å². The first-order chi connectivity index (χ1) is 7.13. The number of rotatable bonds is 3. The van der Waals surface area contributed by atoms with Crippen molar-refractivity contribution in [3.05, 3.63) is 29.6 Å². The lowest BCUT2D eigenvalue weighted by Crippen LogP contribution is -2.22. The van der Waals surface area contributed by atoms with E-state index >= 15 is 0 Å². The van der Waals surface area contributed by atoms with Crippen molar-refractivity contribution in [2.45, 2.75) is 6.54 Å². The number of aromatic nitrogens is 1. The minimum atomic E-state index is -1.03. The Kier molecular flexibility index (Phi) is 3.61. The molecule has 0 aromatic carbocycles. The van der Waals surface area contributed by atoms with Gasteiger partial charge in [0, 0.05) is 6.20 Å². The summed E-state index contributed by atoms with van der Waals surface area (Å²) in [5.41, 5.74) is 0.590. The van der Waals surface area contributed by atoms with Gasteiger partial charge in [-0.1, -0.05) is 0 Å². The van der Waals surface area contributed by atoms with Gasteiger partial charge in [-0.15, -0.1) is 0 Å². The molecule has 0 radical (unpaired) electrons. The second-order valence-corrected chi connectivity index (χ2v) is 2.69. The molecular weight excluding hydrogens is 200 g/mol. The summed E-state index contributed by atoms with van der Waals surface area (Å²) in [6, 6.07) is 2.77. The molecule has 80 valence electrons. The highest BCUT2D eigenvalue weighted by Crippen LogP contribution is 2.01. The summed E-state index contributed by atoms with van der Waals surface area (Å²) >= 11 is 0. The number of methoxy groups -OCH3 is 1. The highest BCUT2D eigenvalue weighted by molar-refractivity contribution is 5.87. The molecule has 6 heteroatoms. The molecule has 1 amide bonds. The second-order valence-electron chi connectivity index (χ2n) is 2.69. The molecule has 0 aliphatic carbocycles. The summed E-state index contributed by atoms with van der Waals surface area (Å²) in [5.74, 6) is -1.03. The van der Waals surface area contributed by atoms with Crippen LogP contribution >= 0.6 is 0 Å². The summed E-state index contributed by atoms with van der Waals surface area (Å²) in [7, 11) is 1.25. The molecule has 2 N–H and O–H groups in total. The van der Waals surface area contributed by atoms with Gasteiger partial charge in [0.25, 0.3) is 0 Å². The Labute approximate surface area is 85.9 Å². The van der Waals surface area contributed by atoms with Crippen LogP contribution in [0.2, 0.25) is 0 Å². The van der Waals surface area contributed by atoms with Gasteiger partial charge in [0.05, 0.1) is 24.9 Å². The van der Waals surface area contributed by atoms with Crippen molar-refractivity contribution in [3.63, 3.8) is 0 Å². The number of carbonyl (C=O) groups is 2. The molecule has 6 nitrogen and oxygen atoms in total. The van der Waals surface area contributed by atoms with Crippen molar-refractivity contribution in [2.75, 3.05) is 7.11 Å². The summed E-state index contributed by atoms with van der Waals surface area (Å²) in [5, 5.41) is 11.1. The minimum Gasteiger partial charge on any atom is -0.478 e. The van der Waals surface area contributed by atoms with Gasteiger partial charge in [0.1, 0.15) is 0 Å².